The molecule has 4 heteroatoms. The van der Waals surface area contributed by atoms with Crippen LogP contribution in [-0.2, 0) is 0 Å². The number of nitrogens with zero attached hydrogens (tertiary/aromatic N) is 2. The van der Waals surface area contributed by atoms with Gasteiger partial charge in [-0.25, -0.2) is 0 Å². The van der Waals surface area contributed by atoms with Crippen LogP contribution in [-0.4, -0.2) is 59.0 Å². The van der Waals surface area contributed by atoms with Gasteiger partial charge in [0, 0.05) is 11.4 Å². The van der Waals surface area contributed by atoms with Crippen LogP contribution in [0, 0.1) is 0 Å². The van der Waals surface area contributed by atoms with Gasteiger partial charge in [-0.2, -0.15) is 0 Å². The monoisotopic (exact) mass is 338 g/mol. The molecule has 25 heavy (non-hydrogen) atoms. The van der Waals surface area contributed by atoms with Crippen LogP contribution in [0.1, 0.15) is 0 Å². The van der Waals surface area contributed by atoms with Gasteiger partial charge in [0.15, 0.2) is 0 Å². The van der Waals surface area contributed by atoms with Crippen molar-refractivity contribution in [3.63, 3.8) is 0 Å². The zero-order chi connectivity index (χ0) is 16.9. The van der Waals surface area contributed by atoms with Gasteiger partial charge in [-0.05, 0) is 24.3 Å². The third-order valence-corrected chi connectivity index (χ3v) is 5.68. The van der Waals surface area contributed by atoms with E-state index >= 15 is 0 Å². The zero-order valence-corrected chi connectivity index (χ0v) is 15.0. The summed E-state index contributed by atoms with van der Waals surface area (Å²) in [7, 11) is 0. The van der Waals surface area contributed by atoms with Crippen molar-refractivity contribution in [2.24, 2.45) is 0 Å². The molecule has 0 aromatic heterocycles. The minimum atomic E-state index is 1.18. The summed E-state index contributed by atoms with van der Waals surface area (Å²) in [6, 6.07) is 21.7. The number of anilines is 2. The fourth-order valence-corrected chi connectivity index (χ4v) is 4.15. The molecule has 2 aliphatic rings. The highest BCUT2D eigenvalue weighted by Crippen LogP contribution is 2.13. The molecule has 2 fully saturated rings. The van der Waals surface area contributed by atoms with Gasteiger partial charge in [0.1, 0.15) is 0 Å². The van der Waals surface area contributed by atoms with E-state index in [9.17, 15) is 0 Å². The van der Waals surface area contributed by atoms with E-state index in [4.69, 9.17) is 0 Å². The molecule has 132 valence electrons. The van der Waals surface area contributed by atoms with Crippen LogP contribution in [0.2, 0.25) is 0 Å². The molecular formula is C21H30N4+2. The lowest BCUT2D eigenvalue weighted by Crippen LogP contribution is -3.33. The van der Waals surface area contributed by atoms with Crippen molar-refractivity contribution in [2.45, 2.75) is 0 Å². The van der Waals surface area contributed by atoms with E-state index in [-0.39, 0.29) is 0 Å². The molecule has 0 unspecified atom stereocenters. The van der Waals surface area contributed by atoms with Crippen LogP contribution >= 0.6 is 0 Å². The number of piperazine rings is 2. The zero-order valence-electron chi connectivity index (χ0n) is 15.0. The smallest absolute Gasteiger partial charge is 0.204 e. The predicted octanol–water partition coefficient (Wildman–Crippen LogP) is -0.246. The molecule has 4 rings (SSSR count). The number of benzene rings is 2. The fraction of sp³-hybridized carbons (Fsp3) is 0.429. The van der Waals surface area contributed by atoms with Crippen molar-refractivity contribution < 1.29 is 9.80 Å². The molecule has 0 spiro atoms. The Kier molecular flexibility index (Phi) is 5.19. The van der Waals surface area contributed by atoms with E-state index in [2.05, 4.69) is 70.5 Å². The van der Waals surface area contributed by atoms with Crippen molar-refractivity contribution in [2.75, 3.05) is 68.8 Å². The topological polar surface area (TPSA) is 15.4 Å². The maximum Gasteiger partial charge on any atom is 0.204 e. The number of hydrogen-bond acceptors (Lipinski definition) is 2. The van der Waals surface area contributed by atoms with Crippen LogP contribution in [0.5, 0.6) is 0 Å². The molecule has 0 aliphatic carbocycles. The number of nitrogens with one attached hydrogen (secondary N) is 2. The van der Waals surface area contributed by atoms with Crippen molar-refractivity contribution >= 4 is 11.4 Å². The van der Waals surface area contributed by atoms with E-state index in [0.29, 0.717) is 0 Å². The van der Waals surface area contributed by atoms with Crippen LogP contribution < -0.4 is 19.6 Å². The fourth-order valence-electron chi connectivity index (χ4n) is 4.15. The Morgan fingerprint density at radius 1 is 0.560 bits per heavy atom. The Morgan fingerprint density at radius 3 is 1.28 bits per heavy atom. The molecule has 2 aromatic rings. The molecule has 2 aliphatic heterocycles. The lowest BCUT2D eigenvalue weighted by atomic mass is 10.2. The number of rotatable bonds is 4. The molecule has 2 aromatic carbocycles. The summed E-state index contributed by atoms with van der Waals surface area (Å²) in [5, 5.41) is 0. The predicted molar refractivity (Wildman–Crippen MR) is 104 cm³/mol. The summed E-state index contributed by atoms with van der Waals surface area (Å²) < 4.78 is 0. The normalized spacial score (nSPS) is 20.0. The summed E-state index contributed by atoms with van der Waals surface area (Å²) in [5.41, 5.74) is 2.76. The summed E-state index contributed by atoms with van der Waals surface area (Å²) in [5.74, 6) is 0. The third kappa shape index (κ3) is 4.14. The molecule has 2 heterocycles. The van der Waals surface area contributed by atoms with Gasteiger partial charge in [0.05, 0.1) is 52.4 Å². The lowest BCUT2D eigenvalue weighted by Gasteiger charge is -2.37. The average Bonchev–Trinajstić information content (AvgIpc) is 2.71. The molecule has 0 bridgehead atoms. The van der Waals surface area contributed by atoms with Gasteiger partial charge in [-0.15, -0.1) is 0 Å². The lowest BCUT2D eigenvalue weighted by molar-refractivity contribution is -1.09. The minimum absolute atomic E-state index is 1.18. The van der Waals surface area contributed by atoms with Gasteiger partial charge >= 0.3 is 0 Å². The molecule has 2 saturated heterocycles. The maximum atomic E-state index is 2.53. The Balaban J connectivity index is 1.22. The largest absolute Gasteiger partial charge is 0.360 e. The second-order valence-electron chi connectivity index (χ2n) is 7.32. The van der Waals surface area contributed by atoms with E-state index in [0.717, 1.165) is 0 Å². The average molecular weight is 338 g/mol. The maximum absolute atomic E-state index is 2.53. The molecule has 0 saturated carbocycles. The van der Waals surface area contributed by atoms with Crippen molar-refractivity contribution in [3.05, 3.63) is 60.7 Å². The van der Waals surface area contributed by atoms with E-state index in [1.807, 2.05) is 0 Å². The van der Waals surface area contributed by atoms with Crippen LogP contribution in [0.4, 0.5) is 11.4 Å². The Morgan fingerprint density at radius 2 is 0.920 bits per heavy atom. The number of hydrogen-bond donors (Lipinski definition) is 2. The van der Waals surface area contributed by atoms with Gasteiger partial charge < -0.3 is 9.80 Å². The van der Waals surface area contributed by atoms with E-state index in [1.165, 1.54) is 70.4 Å². The molecule has 0 radical (unpaired) electrons. The van der Waals surface area contributed by atoms with Gasteiger partial charge in [-0.3, -0.25) is 9.80 Å². The SMILES string of the molecule is c1ccc(N2CC[NH+](C[NH+]3CCN(c4ccccc4)CC3)CC2)cc1. The molecule has 4 nitrogen and oxygen atoms in total. The second-order valence-corrected chi connectivity index (χ2v) is 7.32. The van der Waals surface area contributed by atoms with Crippen LogP contribution in [0.15, 0.2) is 60.7 Å². The first-order chi connectivity index (χ1) is 12.4. The summed E-state index contributed by atoms with van der Waals surface area (Å²) >= 11 is 0. The minimum Gasteiger partial charge on any atom is -0.360 e. The Hall–Kier alpha value is -2.04. The summed E-state index contributed by atoms with van der Waals surface area (Å²) in [4.78, 5) is 8.61. The van der Waals surface area contributed by atoms with Crippen LogP contribution in [0.3, 0.4) is 0 Å². The first-order valence-electron chi connectivity index (χ1n) is 9.65. The molecular weight excluding hydrogens is 308 g/mol. The standard InChI is InChI=1S/C21H28N4/c1-3-7-20(8-4-1)24-15-11-22(12-16-24)19-23-13-17-25(18-14-23)21-9-5-2-6-10-21/h1-10H,11-19H2/p+2. The molecule has 2 N–H and O–H groups in total. The third-order valence-electron chi connectivity index (χ3n) is 5.68. The van der Waals surface area contributed by atoms with Gasteiger partial charge in [0.25, 0.3) is 0 Å². The molecule has 0 amide bonds. The van der Waals surface area contributed by atoms with Crippen molar-refractivity contribution in [1.82, 2.24) is 0 Å². The van der Waals surface area contributed by atoms with E-state index in [1.54, 1.807) is 9.80 Å². The van der Waals surface area contributed by atoms with Gasteiger partial charge in [-0.1, -0.05) is 36.4 Å². The van der Waals surface area contributed by atoms with Gasteiger partial charge in [0.2, 0.25) is 6.67 Å². The second kappa shape index (κ2) is 7.89. The van der Waals surface area contributed by atoms with Crippen LogP contribution in [0.25, 0.3) is 0 Å². The quantitative estimate of drug-likeness (QED) is 0.800. The Labute approximate surface area is 151 Å². The first-order valence-corrected chi connectivity index (χ1v) is 9.65. The van der Waals surface area contributed by atoms with Crippen molar-refractivity contribution in [3.8, 4) is 0 Å². The highest BCUT2D eigenvalue weighted by Gasteiger charge is 2.26. The highest BCUT2D eigenvalue weighted by molar-refractivity contribution is 5.46. The number of para-hydroxylation sites is 2. The summed E-state index contributed by atoms with van der Waals surface area (Å²) in [6.45, 7) is 11.1. The first kappa shape index (κ1) is 16.4. The number of quaternary nitrogens is 2. The van der Waals surface area contributed by atoms with Crippen molar-refractivity contribution in [1.29, 1.82) is 0 Å². The summed E-state index contributed by atoms with van der Waals surface area (Å²) in [6.07, 6.45) is 0. The Bertz CT molecular complexity index is 572. The molecule has 0 atom stereocenters. The van der Waals surface area contributed by atoms with E-state index < -0.39 is 0 Å². The highest BCUT2D eigenvalue weighted by atomic mass is 15.4.